The van der Waals surface area contributed by atoms with E-state index in [-0.39, 0.29) is 18.9 Å². The SMILES string of the molecule is COC(c1cc([B-](c2cc(C(F)(F)F)cc(C(OC)(C(F)(F)F)C(F)(F)F)c2)(c2cc(C(F)(F)F)cc(C(OC)(C(F)(F)F)C(F)(F)F)c2)c2cc(C(F)(F)F)cc(C(OC)(C(F)(F)F)C(F)(F)F)c2)cc(C(F)(F)F)c1)(C(F)(F)F)C(F)(F)F.[Li+]. The van der Waals surface area contributed by atoms with E-state index in [1.807, 2.05) is 0 Å². The Hall–Kier alpha value is -5.14. The van der Waals surface area contributed by atoms with Crippen LogP contribution in [0.25, 0.3) is 0 Å². The molecule has 0 saturated heterocycles. The van der Waals surface area contributed by atoms with Gasteiger partial charge >= 0.3 is 93.0 Å². The first-order valence-corrected chi connectivity index (χ1v) is 21.3. The van der Waals surface area contributed by atoms with Crippen molar-refractivity contribution in [1.29, 1.82) is 0 Å². The Kier molecular flexibility index (Phi) is 19.6. The van der Waals surface area contributed by atoms with E-state index in [1.54, 1.807) is 0 Å². The van der Waals surface area contributed by atoms with Gasteiger partial charge in [0, 0.05) is 28.4 Å². The van der Waals surface area contributed by atoms with Gasteiger partial charge in [-0.1, -0.05) is 48.5 Å². The summed E-state index contributed by atoms with van der Waals surface area (Å²) in [6, 6.07) is -17.6. The smallest absolute Gasteiger partial charge is 0.357 e. The van der Waals surface area contributed by atoms with Gasteiger partial charge in [0.05, 0.1) is 22.3 Å². The van der Waals surface area contributed by atoms with Crippen molar-refractivity contribution in [3.63, 3.8) is 0 Å². The Labute approximate surface area is 465 Å². The number of halogens is 36. The monoisotopic (exact) mass is 1320 g/mol. The molecule has 0 aliphatic rings. The number of hydrogen-bond acceptors (Lipinski definition) is 4. The predicted molar refractivity (Wildman–Crippen MR) is 213 cm³/mol. The molecule has 480 valence electrons. The molecule has 4 aromatic rings. The zero-order valence-corrected chi connectivity index (χ0v) is 41.7. The fourth-order valence-corrected chi connectivity index (χ4v) is 9.58. The van der Waals surface area contributed by atoms with Crippen molar-refractivity contribution < 1.29 is 196 Å². The van der Waals surface area contributed by atoms with Crippen LogP contribution in [0.4, 0.5) is 158 Å². The Morgan fingerprint density at radius 3 is 0.419 bits per heavy atom. The molecule has 0 N–H and O–H groups in total. The van der Waals surface area contributed by atoms with E-state index < -0.39 is 270 Å². The quantitative estimate of drug-likeness (QED) is 0.105. The van der Waals surface area contributed by atoms with Gasteiger partial charge in [-0.25, -0.2) is 0 Å². The number of alkyl halides is 36. The van der Waals surface area contributed by atoms with Gasteiger partial charge in [0.25, 0.3) is 22.4 Å². The molecule has 0 fully saturated rings. The summed E-state index contributed by atoms with van der Waals surface area (Å²) in [5.74, 6) is 0. The summed E-state index contributed by atoms with van der Waals surface area (Å²) in [6.45, 7) is 0. The standard InChI is InChI=1S/C44H24BF36O4.Li/c1-82-29(37(58,59)60,38(61,62)63)17-5-21(33(46,47)48)13-25(9-17)45(26-10-18(6-22(14-26)34(49,50)51)30(83-2,39(64,65)66)40(67,68)69,27-11-19(7-23(15-27)35(52,53)54)31(84-3,41(70,71)72)42(73,74)75)28-12-20(8-24(16-28)36(55,56)57)32(85-4,43(76,77)78)44(79,80)81;/h5-16H,1-4H3;/q-1;+1. The van der Waals surface area contributed by atoms with E-state index in [9.17, 15) is 0 Å². The van der Waals surface area contributed by atoms with Crippen molar-refractivity contribution in [2.45, 2.75) is 96.5 Å². The summed E-state index contributed by atoms with van der Waals surface area (Å²) in [5.41, 5.74) is -68.0. The van der Waals surface area contributed by atoms with Gasteiger partial charge < -0.3 is 18.9 Å². The fraction of sp³-hybridized carbons (Fsp3) is 0.455. The topological polar surface area (TPSA) is 36.9 Å². The Bertz CT molecular complexity index is 2600. The first-order chi connectivity index (χ1) is 37.5. The van der Waals surface area contributed by atoms with E-state index in [2.05, 4.69) is 18.9 Å². The van der Waals surface area contributed by atoms with Crippen LogP contribution in [0.1, 0.15) is 44.5 Å². The number of hydrogen-bond donors (Lipinski definition) is 0. The van der Waals surface area contributed by atoms with Crippen LogP contribution in [-0.2, 0) is 66.1 Å². The third-order valence-corrected chi connectivity index (χ3v) is 13.2. The molecule has 42 heteroatoms. The maximum absolute atomic E-state index is 15.2. The van der Waals surface area contributed by atoms with Crippen molar-refractivity contribution in [3.8, 4) is 0 Å². The molecule has 4 nitrogen and oxygen atoms in total. The van der Waals surface area contributed by atoms with E-state index in [0.29, 0.717) is 0 Å². The van der Waals surface area contributed by atoms with Crippen LogP contribution in [0.5, 0.6) is 0 Å². The normalized spacial score (nSPS) is 15.1. The summed E-state index contributed by atoms with van der Waals surface area (Å²) >= 11 is 0. The van der Waals surface area contributed by atoms with E-state index in [0.717, 1.165) is 0 Å². The second kappa shape index (κ2) is 22.4. The van der Waals surface area contributed by atoms with Gasteiger partial charge in [0.1, 0.15) is 6.15 Å². The molecular formula is C44H24BF36LiO4. The van der Waals surface area contributed by atoms with Crippen LogP contribution in [0.3, 0.4) is 0 Å². The van der Waals surface area contributed by atoms with Crippen molar-refractivity contribution in [2.75, 3.05) is 28.4 Å². The minimum atomic E-state index is -7.54. The summed E-state index contributed by atoms with van der Waals surface area (Å²) in [6.07, 6.45) is -95.4. The van der Waals surface area contributed by atoms with Crippen molar-refractivity contribution in [2.24, 2.45) is 0 Å². The van der Waals surface area contributed by atoms with Gasteiger partial charge in [0.15, 0.2) is 0 Å². The molecule has 0 amide bonds. The molecule has 86 heavy (non-hydrogen) atoms. The summed E-state index contributed by atoms with van der Waals surface area (Å²) in [5, 5.41) is 0. The molecule has 0 atom stereocenters. The summed E-state index contributed by atoms with van der Waals surface area (Å²) in [4.78, 5) is 0. The van der Waals surface area contributed by atoms with Gasteiger partial charge in [-0.3, -0.25) is 0 Å². The van der Waals surface area contributed by atoms with Crippen LogP contribution in [0.15, 0.2) is 72.8 Å². The predicted octanol–water partition coefficient (Wildman–Crippen LogP) is 12.0. The van der Waals surface area contributed by atoms with E-state index >= 15 is 158 Å². The number of rotatable bonds is 12. The maximum atomic E-state index is 15.2. The number of benzene rings is 4. The van der Waals surface area contributed by atoms with E-state index in [4.69, 9.17) is 0 Å². The summed E-state index contributed by atoms with van der Waals surface area (Å²) < 4.78 is 559. The molecule has 0 aliphatic carbocycles. The van der Waals surface area contributed by atoms with Crippen LogP contribution < -0.4 is 40.7 Å². The largest absolute Gasteiger partial charge is 1.00 e. The second-order valence-electron chi connectivity index (χ2n) is 17.8. The fourth-order valence-electron chi connectivity index (χ4n) is 9.58. The van der Waals surface area contributed by atoms with Crippen LogP contribution in [0, 0.1) is 0 Å². The minimum Gasteiger partial charge on any atom is -0.357 e. The average molecular weight is 1320 g/mol. The molecular weight excluding hydrogens is 1290 g/mol. The van der Waals surface area contributed by atoms with Gasteiger partial charge in [-0.2, -0.15) is 180 Å². The van der Waals surface area contributed by atoms with Crippen molar-refractivity contribution in [1.82, 2.24) is 0 Å². The molecule has 0 aromatic heterocycles. The molecule has 4 aromatic carbocycles. The van der Waals surface area contributed by atoms with E-state index in [1.165, 1.54) is 0 Å². The van der Waals surface area contributed by atoms with Crippen molar-refractivity contribution >= 4 is 28.0 Å². The Balaban J connectivity index is 0.0000194. The van der Waals surface area contributed by atoms with Crippen LogP contribution >= 0.6 is 0 Å². The zero-order valence-electron chi connectivity index (χ0n) is 41.7. The van der Waals surface area contributed by atoms with Crippen LogP contribution in [0.2, 0.25) is 0 Å². The Morgan fingerprint density at radius 2 is 0.326 bits per heavy atom. The Morgan fingerprint density at radius 1 is 0.209 bits per heavy atom. The van der Waals surface area contributed by atoms with Gasteiger partial charge in [-0.15, -0.1) is 0 Å². The molecule has 0 radical (unpaired) electrons. The third-order valence-electron chi connectivity index (χ3n) is 13.2. The molecule has 4 rings (SSSR count). The number of methoxy groups -OCH3 is 4. The van der Waals surface area contributed by atoms with Crippen LogP contribution in [-0.4, -0.2) is 84.0 Å². The minimum absolute atomic E-state index is 0. The average Bonchev–Trinajstić information content (AvgIpc) is 0.707. The molecule has 0 heterocycles. The first-order valence-electron chi connectivity index (χ1n) is 21.3. The maximum Gasteiger partial charge on any atom is 1.00 e. The zero-order chi connectivity index (χ0) is 66.7. The van der Waals surface area contributed by atoms with Gasteiger partial charge in [0.2, 0.25) is 0 Å². The molecule has 0 aliphatic heterocycles. The molecule has 0 spiro atoms. The number of ether oxygens (including phenoxy) is 4. The first kappa shape index (κ1) is 75.1. The summed E-state index contributed by atoms with van der Waals surface area (Å²) in [7, 11) is -3.14. The van der Waals surface area contributed by atoms with Crippen molar-refractivity contribution in [3.05, 3.63) is 117 Å². The molecule has 0 unspecified atom stereocenters. The third kappa shape index (κ3) is 12.1. The molecule has 0 bridgehead atoms. The van der Waals surface area contributed by atoms with Gasteiger partial charge in [-0.05, 0) is 46.5 Å². The second-order valence-corrected chi connectivity index (χ2v) is 17.8. The molecule has 0 saturated carbocycles.